The van der Waals surface area contributed by atoms with Gasteiger partial charge < -0.3 is 9.42 Å². The Morgan fingerprint density at radius 2 is 1.69 bits per heavy atom. The summed E-state index contributed by atoms with van der Waals surface area (Å²) in [6.45, 7) is 17.8. The summed E-state index contributed by atoms with van der Waals surface area (Å²) in [6, 6.07) is 1.15. The van der Waals surface area contributed by atoms with Gasteiger partial charge in [0.1, 0.15) is 0 Å². The van der Waals surface area contributed by atoms with Gasteiger partial charge in [-0.15, -0.1) is 0 Å². The largest absolute Gasteiger partial charge is 0.343 e. The number of piperidine rings is 1. The molecule has 0 radical (unpaired) electrons. The second-order valence-corrected chi connectivity index (χ2v) is 13.1. The summed E-state index contributed by atoms with van der Waals surface area (Å²) < 4.78 is 5.54. The fraction of sp³-hybridized carbons (Fsp3) is 0.893. The second-order valence-electron chi connectivity index (χ2n) is 13.1. The molecule has 7 heteroatoms. The van der Waals surface area contributed by atoms with Crippen molar-refractivity contribution in [3.05, 3.63) is 11.7 Å². The van der Waals surface area contributed by atoms with Gasteiger partial charge in [-0.2, -0.15) is 4.98 Å². The van der Waals surface area contributed by atoms with Gasteiger partial charge in [0.25, 0.3) is 0 Å². The number of likely N-dealkylation sites (tertiary alicyclic amines) is 1. The van der Waals surface area contributed by atoms with Crippen LogP contribution < -0.4 is 0 Å². The van der Waals surface area contributed by atoms with Gasteiger partial charge in [-0.3, -0.25) is 14.6 Å². The van der Waals surface area contributed by atoms with Crippen LogP contribution in [-0.2, 0) is 10.2 Å². The van der Waals surface area contributed by atoms with Crippen LogP contribution in [0.1, 0.15) is 104 Å². The predicted molar refractivity (Wildman–Crippen MR) is 137 cm³/mol. The Hall–Kier alpha value is -1.47. The standard InChI is InChI=1S/C28H47N5O2/c1-20(2)31-15-17-32(18-16-31)23-7-6-10-27(3,4)22(23)19-24(34)33-13-11-28(5,12-14-33)26-29-25(35-30-26)21-8-9-21/h20-23H,6-19H2,1-5H3/t22?,23-/m0/s1. The molecular weight excluding hydrogens is 438 g/mol. The van der Waals surface area contributed by atoms with Crippen LogP contribution in [0.15, 0.2) is 4.52 Å². The van der Waals surface area contributed by atoms with Gasteiger partial charge in [0.15, 0.2) is 5.82 Å². The summed E-state index contributed by atoms with van der Waals surface area (Å²) in [5, 5.41) is 4.33. The number of amides is 1. The molecule has 1 unspecified atom stereocenters. The molecule has 1 amide bonds. The highest BCUT2D eigenvalue weighted by Crippen LogP contribution is 2.45. The molecule has 3 heterocycles. The van der Waals surface area contributed by atoms with Crippen molar-refractivity contribution in [3.63, 3.8) is 0 Å². The van der Waals surface area contributed by atoms with Crippen molar-refractivity contribution in [2.45, 2.75) is 109 Å². The van der Waals surface area contributed by atoms with Crippen LogP contribution in [0.5, 0.6) is 0 Å². The van der Waals surface area contributed by atoms with Crippen molar-refractivity contribution in [1.29, 1.82) is 0 Å². The maximum Gasteiger partial charge on any atom is 0.229 e. The minimum atomic E-state index is -0.0871. The average Bonchev–Trinajstić information content (AvgIpc) is 3.56. The van der Waals surface area contributed by atoms with Crippen LogP contribution in [0, 0.1) is 11.3 Å². The maximum atomic E-state index is 13.6. The molecule has 35 heavy (non-hydrogen) atoms. The van der Waals surface area contributed by atoms with Gasteiger partial charge in [0.05, 0.1) is 0 Å². The lowest BCUT2D eigenvalue weighted by molar-refractivity contribution is -0.137. The second kappa shape index (κ2) is 9.77. The number of hydrogen-bond acceptors (Lipinski definition) is 6. The third-order valence-corrected chi connectivity index (χ3v) is 9.86. The molecule has 2 saturated heterocycles. The van der Waals surface area contributed by atoms with Crippen molar-refractivity contribution >= 4 is 5.91 Å². The lowest BCUT2D eigenvalue weighted by Gasteiger charge is -2.51. The minimum Gasteiger partial charge on any atom is -0.343 e. The van der Waals surface area contributed by atoms with E-state index in [1.165, 1.54) is 32.1 Å². The molecule has 2 aliphatic heterocycles. The van der Waals surface area contributed by atoms with Crippen LogP contribution in [-0.4, -0.2) is 82.1 Å². The molecular formula is C28H47N5O2. The van der Waals surface area contributed by atoms with Crippen LogP contribution >= 0.6 is 0 Å². The van der Waals surface area contributed by atoms with Crippen LogP contribution in [0.3, 0.4) is 0 Å². The van der Waals surface area contributed by atoms with E-state index in [-0.39, 0.29) is 10.8 Å². The number of carbonyl (C=O) groups excluding carboxylic acids is 1. The molecule has 1 aromatic heterocycles. The number of nitrogens with zero attached hydrogens (tertiary/aromatic N) is 5. The lowest BCUT2D eigenvalue weighted by Crippen LogP contribution is -2.57. The number of carbonyl (C=O) groups is 1. The summed E-state index contributed by atoms with van der Waals surface area (Å²) in [5.41, 5.74) is 0.123. The molecule has 2 saturated carbocycles. The quantitative estimate of drug-likeness (QED) is 0.594. The van der Waals surface area contributed by atoms with Gasteiger partial charge in [-0.05, 0) is 63.7 Å². The topological polar surface area (TPSA) is 65.7 Å². The van der Waals surface area contributed by atoms with Crippen molar-refractivity contribution in [2.24, 2.45) is 11.3 Å². The highest BCUT2D eigenvalue weighted by molar-refractivity contribution is 5.76. The van der Waals surface area contributed by atoms with E-state index in [1.54, 1.807) is 0 Å². The Balaban J connectivity index is 1.20. The van der Waals surface area contributed by atoms with Gasteiger partial charge in [-0.25, -0.2) is 0 Å². The van der Waals surface area contributed by atoms with E-state index in [0.717, 1.165) is 63.8 Å². The Kier molecular flexibility index (Phi) is 7.03. The number of aromatic nitrogens is 2. The van der Waals surface area contributed by atoms with Crippen molar-refractivity contribution in [3.8, 4) is 0 Å². The molecule has 2 aliphatic carbocycles. The van der Waals surface area contributed by atoms with E-state index < -0.39 is 0 Å². The normalized spacial score (nSPS) is 30.1. The predicted octanol–water partition coefficient (Wildman–Crippen LogP) is 4.44. The Labute approximate surface area is 212 Å². The zero-order valence-corrected chi connectivity index (χ0v) is 22.8. The average molecular weight is 486 g/mol. The van der Waals surface area contributed by atoms with Gasteiger partial charge >= 0.3 is 0 Å². The Bertz CT molecular complexity index is 876. The SMILES string of the molecule is CC(C)N1CCN([C@H]2CCCC(C)(C)C2CC(=O)N2CCC(C)(c3noc(C4CC4)n3)CC2)CC1. The van der Waals surface area contributed by atoms with E-state index in [1.807, 2.05) is 0 Å². The van der Waals surface area contributed by atoms with Crippen molar-refractivity contribution in [2.75, 3.05) is 39.3 Å². The molecule has 0 bridgehead atoms. The summed E-state index contributed by atoms with van der Waals surface area (Å²) >= 11 is 0. The smallest absolute Gasteiger partial charge is 0.229 e. The molecule has 7 nitrogen and oxygen atoms in total. The molecule has 1 aromatic rings. The molecule has 196 valence electrons. The Morgan fingerprint density at radius 1 is 1.00 bits per heavy atom. The number of piperazine rings is 1. The molecule has 5 rings (SSSR count). The maximum absolute atomic E-state index is 13.6. The molecule has 0 spiro atoms. The highest BCUT2D eigenvalue weighted by atomic mass is 16.5. The van der Waals surface area contributed by atoms with E-state index in [2.05, 4.69) is 54.5 Å². The zero-order valence-electron chi connectivity index (χ0n) is 22.8. The molecule has 0 aromatic carbocycles. The van der Waals surface area contributed by atoms with Crippen molar-refractivity contribution in [1.82, 2.24) is 24.8 Å². The first kappa shape index (κ1) is 25.2. The van der Waals surface area contributed by atoms with E-state index in [9.17, 15) is 4.79 Å². The van der Waals surface area contributed by atoms with Gasteiger partial charge in [0, 0.05) is 69.1 Å². The van der Waals surface area contributed by atoms with Crippen molar-refractivity contribution < 1.29 is 9.32 Å². The number of hydrogen-bond donors (Lipinski definition) is 0. The fourth-order valence-corrected chi connectivity index (χ4v) is 6.88. The third kappa shape index (κ3) is 5.31. The van der Waals surface area contributed by atoms with E-state index in [0.29, 0.717) is 36.2 Å². The molecule has 2 atom stereocenters. The summed E-state index contributed by atoms with van der Waals surface area (Å²) in [4.78, 5) is 25.8. The summed E-state index contributed by atoms with van der Waals surface area (Å²) in [7, 11) is 0. The molecule has 4 fully saturated rings. The highest BCUT2D eigenvalue weighted by Gasteiger charge is 2.45. The van der Waals surface area contributed by atoms with Gasteiger partial charge in [-0.1, -0.05) is 32.3 Å². The lowest BCUT2D eigenvalue weighted by atomic mass is 9.64. The zero-order chi connectivity index (χ0) is 24.8. The van der Waals surface area contributed by atoms with E-state index in [4.69, 9.17) is 9.51 Å². The molecule has 4 aliphatic rings. The summed E-state index contributed by atoms with van der Waals surface area (Å²) in [6.07, 6.45) is 8.61. The minimum absolute atomic E-state index is 0.0871. The van der Waals surface area contributed by atoms with Gasteiger partial charge in [0.2, 0.25) is 11.8 Å². The van der Waals surface area contributed by atoms with Crippen LogP contribution in [0.2, 0.25) is 0 Å². The first-order valence-corrected chi connectivity index (χ1v) is 14.3. The first-order chi connectivity index (χ1) is 16.7. The Morgan fingerprint density at radius 3 is 2.31 bits per heavy atom. The van der Waals surface area contributed by atoms with Crippen LogP contribution in [0.25, 0.3) is 0 Å². The molecule has 0 N–H and O–H groups in total. The monoisotopic (exact) mass is 485 g/mol. The summed E-state index contributed by atoms with van der Waals surface area (Å²) in [5.74, 6) is 2.94. The number of rotatable bonds is 6. The van der Waals surface area contributed by atoms with E-state index >= 15 is 0 Å². The van der Waals surface area contributed by atoms with Crippen LogP contribution in [0.4, 0.5) is 0 Å². The third-order valence-electron chi connectivity index (χ3n) is 9.86. The fourth-order valence-electron chi connectivity index (χ4n) is 6.88. The first-order valence-electron chi connectivity index (χ1n) is 14.3.